The van der Waals surface area contributed by atoms with Gasteiger partial charge in [-0.05, 0) is 75.9 Å². The molecule has 1 aliphatic heterocycles. The minimum atomic E-state index is 0.0684. The van der Waals surface area contributed by atoms with Crippen LogP contribution in [-0.4, -0.2) is 19.0 Å². The standard InChI is InChI=1S/C13H16Br2N2O/c1-8-5-10(14)12(11(15)6-8)17-13(18)9-3-2-4-16-7-9/h5-6,9,16H,2-4,7H2,1H3,(H,17,18)/t9-/m0/s1. The Morgan fingerprint density at radius 1 is 1.39 bits per heavy atom. The van der Waals surface area contributed by atoms with Gasteiger partial charge in [0.15, 0.2) is 0 Å². The molecule has 1 heterocycles. The summed E-state index contributed by atoms with van der Waals surface area (Å²) in [6, 6.07) is 4.00. The number of benzene rings is 1. The molecule has 1 saturated heterocycles. The van der Waals surface area contributed by atoms with Crippen LogP contribution in [0.3, 0.4) is 0 Å². The molecule has 0 aliphatic carbocycles. The Bertz CT molecular complexity index is 433. The van der Waals surface area contributed by atoms with Crippen molar-refractivity contribution in [3.8, 4) is 0 Å². The summed E-state index contributed by atoms with van der Waals surface area (Å²) < 4.78 is 1.82. The summed E-state index contributed by atoms with van der Waals surface area (Å²) in [4.78, 5) is 12.2. The van der Waals surface area contributed by atoms with Crippen LogP contribution in [0.5, 0.6) is 0 Å². The number of amides is 1. The number of rotatable bonds is 2. The molecular formula is C13H16Br2N2O. The van der Waals surface area contributed by atoms with Gasteiger partial charge in [0, 0.05) is 15.5 Å². The van der Waals surface area contributed by atoms with Gasteiger partial charge in [0.05, 0.1) is 11.6 Å². The molecule has 0 radical (unpaired) electrons. The van der Waals surface area contributed by atoms with Crippen molar-refractivity contribution in [2.75, 3.05) is 18.4 Å². The molecular weight excluding hydrogens is 360 g/mol. The number of hydrogen-bond donors (Lipinski definition) is 2. The zero-order chi connectivity index (χ0) is 13.1. The average molecular weight is 376 g/mol. The third-order valence-corrected chi connectivity index (χ3v) is 4.35. The Labute approximate surface area is 124 Å². The molecule has 18 heavy (non-hydrogen) atoms. The predicted octanol–water partition coefficient (Wildman–Crippen LogP) is 3.46. The number of hydrogen-bond acceptors (Lipinski definition) is 2. The lowest BCUT2D eigenvalue weighted by Gasteiger charge is -2.22. The molecule has 1 amide bonds. The first kappa shape index (κ1) is 14.0. The maximum absolute atomic E-state index is 12.2. The van der Waals surface area contributed by atoms with E-state index in [1.807, 2.05) is 19.1 Å². The zero-order valence-electron chi connectivity index (χ0n) is 10.2. The van der Waals surface area contributed by atoms with Crippen molar-refractivity contribution in [2.45, 2.75) is 19.8 Å². The molecule has 1 aromatic rings. The summed E-state index contributed by atoms with van der Waals surface area (Å²) in [5.41, 5.74) is 1.96. The highest BCUT2D eigenvalue weighted by Crippen LogP contribution is 2.32. The van der Waals surface area contributed by atoms with Gasteiger partial charge in [-0.25, -0.2) is 0 Å². The van der Waals surface area contributed by atoms with E-state index in [0.717, 1.165) is 46.1 Å². The molecule has 1 atom stereocenters. The quantitative estimate of drug-likeness (QED) is 0.831. The second kappa shape index (κ2) is 6.17. The molecule has 1 aromatic carbocycles. The van der Waals surface area contributed by atoms with E-state index < -0.39 is 0 Å². The maximum Gasteiger partial charge on any atom is 0.228 e. The molecule has 3 nitrogen and oxygen atoms in total. The first-order valence-corrected chi connectivity index (χ1v) is 7.64. The van der Waals surface area contributed by atoms with Crippen molar-refractivity contribution in [1.82, 2.24) is 5.32 Å². The summed E-state index contributed by atoms with van der Waals surface area (Å²) in [6.07, 6.45) is 2.02. The van der Waals surface area contributed by atoms with Crippen molar-refractivity contribution in [3.63, 3.8) is 0 Å². The fraction of sp³-hybridized carbons (Fsp3) is 0.462. The third kappa shape index (κ3) is 3.33. The molecule has 0 aromatic heterocycles. The van der Waals surface area contributed by atoms with Crippen molar-refractivity contribution < 1.29 is 4.79 Å². The van der Waals surface area contributed by atoms with Crippen molar-refractivity contribution in [2.24, 2.45) is 5.92 Å². The maximum atomic E-state index is 12.2. The van der Waals surface area contributed by atoms with Gasteiger partial charge in [0.25, 0.3) is 0 Å². The highest BCUT2D eigenvalue weighted by molar-refractivity contribution is 9.11. The van der Waals surface area contributed by atoms with Crippen LogP contribution < -0.4 is 10.6 Å². The van der Waals surface area contributed by atoms with Crippen LogP contribution in [0.25, 0.3) is 0 Å². The number of anilines is 1. The third-order valence-electron chi connectivity index (χ3n) is 3.10. The number of aryl methyl sites for hydroxylation is 1. The smallest absolute Gasteiger partial charge is 0.228 e. The highest BCUT2D eigenvalue weighted by atomic mass is 79.9. The van der Waals surface area contributed by atoms with E-state index in [1.165, 1.54) is 0 Å². The number of halogens is 2. The molecule has 2 N–H and O–H groups in total. The van der Waals surface area contributed by atoms with E-state index in [1.54, 1.807) is 0 Å². The summed E-state index contributed by atoms with van der Waals surface area (Å²) >= 11 is 6.98. The van der Waals surface area contributed by atoms with Gasteiger partial charge in [0.1, 0.15) is 0 Å². The van der Waals surface area contributed by atoms with Gasteiger partial charge < -0.3 is 10.6 Å². The van der Waals surface area contributed by atoms with Crippen molar-refractivity contribution in [1.29, 1.82) is 0 Å². The predicted molar refractivity (Wildman–Crippen MR) is 80.8 cm³/mol. The van der Waals surface area contributed by atoms with Crippen LogP contribution in [0.15, 0.2) is 21.1 Å². The molecule has 0 spiro atoms. The largest absolute Gasteiger partial charge is 0.324 e. The van der Waals surface area contributed by atoms with Crippen LogP contribution in [-0.2, 0) is 4.79 Å². The Hall–Kier alpha value is -0.390. The minimum Gasteiger partial charge on any atom is -0.324 e. The lowest BCUT2D eigenvalue weighted by atomic mass is 9.99. The topological polar surface area (TPSA) is 41.1 Å². The van der Waals surface area contributed by atoms with Gasteiger partial charge in [-0.3, -0.25) is 4.79 Å². The van der Waals surface area contributed by atoms with Crippen LogP contribution in [0.2, 0.25) is 0 Å². The Morgan fingerprint density at radius 2 is 2.06 bits per heavy atom. The van der Waals surface area contributed by atoms with E-state index in [0.29, 0.717) is 0 Å². The van der Waals surface area contributed by atoms with Crippen LogP contribution in [0, 0.1) is 12.8 Å². The Morgan fingerprint density at radius 3 is 2.61 bits per heavy atom. The summed E-state index contributed by atoms with van der Waals surface area (Å²) in [7, 11) is 0. The van der Waals surface area contributed by atoms with Crippen LogP contribution in [0.4, 0.5) is 5.69 Å². The first-order chi connectivity index (χ1) is 8.58. The normalized spacial score (nSPS) is 19.6. The summed E-state index contributed by atoms with van der Waals surface area (Å²) in [5.74, 6) is 0.159. The van der Waals surface area contributed by atoms with Crippen molar-refractivity contribution in [3.05, 3.63) is 26.6 Å². The van der Waals surface area contributed by atoms with E-state index in [4.69, 9.17) is 0 Å². The summed E-state index contributed by atoms with van der Waals surface area (Å²) in [6.45, 7) is 3.81. The molecule has 98 valence electrons. The zero-order valence-corrected chi connectivity index (χ0v) is 13.4. The second-order valence-electron chi connectivity index (χ2n) is 4.64. The molecule has 1 fully saturated rings. The van der Waals surface area contributed by atoms with E-state index >= 15 is 0 Å². The SMILES string of the molecule is Cc1cc(Br)c(NC(=O)[C@H]2CCCNC2)c(Br)c1. The molecule has 2 rings (SSSR count). The number of piperidine rings is 1. The fourth-order valence-corrected chi connectivity index (χ4v) is 3.73. The lowest BCUT2D eigenvalue weighted by molar-refractivity contribution is -0.120. The van der Waals surface area contributed by atoms with E-state index in [2.05, 4.69) is 42.5 Å². The Kier molecular flexibility index (Phi) is 4.81. The molecule has 0 saturated carbocycles. The van der Waals surface area contributed by atoms with Crippen molar-refractivity contribution >= 4 is 43.5 Å². The summed E-state index contributed by atoms with van der Waals surface area (Å²) in [5, 5.41) is 6.26. The fourth-order valence-electron chi connectivity index (χ4n) is 2.12. The van der Waals surface area contributed by atoms with Crippen LogP contribution in [0.1, 0.15) is 18.4 Å². The second-order valence-corrected chi connectivity index (χ2v) is 6.34. The number of carbonyl (C=O) groups is 1. The van der Waals surface area contributed by atoms with Gasteiger partial charge in [-0.1, -0.05) is 0 Å². The molecule has 0 bridgehead atoms. The van der Waals surface area contributed by atoms with Gasteiger partial charge >= 0.3 is 0 Å². The van der Waals surface area contributed by atoms with Crippen LogP contribution >= 0.6 is 31.9 Å². The first-order valence-electron chi connectivity index (χ1n) is 6.05. The van der Waals surface area contributed by atoms with E-state index in [-0.39, 0.29) is 11.8 Å². The molecule has 1 aliphatic rings. The van der Waals surface area contributed by atoms with E-state index in [9.17, 15) is 4.79 Å². The molecule has 5 heteroatoms. The average Bonchev–Trinajstić information content (AvgIpc) is 2.34. The van der Waals surface area contributed by atoms with Gasteiger partial charge in [-0.2, -0.15) is 0 Å². The minimum absolute atomic E-state index is 0.0684. The number of carbonyl (C=O) groups excluding carboxylic acids is 1. The molecule has 0 unspecified atom stereocenters. The highest BCUT2D eigenvalue weighted by Gasteiger charge is 2.22. The Balaban J connectivity index is 2.11. The number of nitrogens with one attached hydrogen (secondary N) is 2. The van der Waals surface area contributed by atoms with Gasteiger partial charge in [-0.15, -0.1) is 0 Å². The lowest BCUT2D eigenvalue weighted by Crippen LogP contribution is -2.37. The van der Waals surface area contributed by atoms with Gasteiger partial charge in [0.2, 0.25) is 5.91 Å². The monoisotopic (exact) mass is 374 g/mol.